The minimum atomic E-state index is -3.79. The van der Waals surface area contributed by atoms with Gasteiger partial charge in [0.05, 0.1) is 24.1 Å². The second-order valence-corrected chi connectivity index (χ2v) is 8.85. The van der Waals surface area contributed by atoms with E-state index in [4.69, 9.17) is 27.9 Å². The Bertz CT molecular complexity index is 933. The van der Waals surface area contributed by atoms with Gasteiger partial charge in [0.25, 0.3) is 0 Å². The Morgan fingerprint density at radius 1 is 1.18 bits per heavy atom. The van der Waals surface area contributed by atoms with Crippen LogP contribution >= 0.6 is 23.2 Å². The van der Waals surface area contributed by atoms with Gasteiger partial charge in [-0.2, -0.15) is 0 Å². The van der Waals surface area contributed by atoms with E-state index in [0.717, 1.165) is 16.1 Å². The van der Waals surface area contributed by atoms with Crippen LogP contribution in [-0.2, 0) is 21.4 Å². The van der Waals surface area contributed by atoms with Gasteiger partial charge >= 0.3 is 0 Å². The average molecular weight is 445 g/mol. The van der Waals surface area contributed by atoms with Crippen molar-refractivity contribution in [2.45, 2.75) is 25.9 Å². The number of carbonyl (C=O) groups excluding carboxylic acids is 1. The zero-order valence-corrected chi connectivity index (χ0v) is 18.1. The number of nitrogens with zero attached hydrogens (tertiary/aromatic N) is 1. The molecule has 2 aromatic rings. The van der Waals surface area contributed by atoms with Gasteiger partial charge in [0.2, 0.25) is 15.9 Å². The number of ether oxygens (including phenoxy) is 1. The molecule has 6 nitrogen and oxygen atoms in total. The molecule has 0 heterocycles. The van der Waals surface area contributed by atoms with E-state index in [2.05, 4.69) is 5.32 Å². The van der Waals surface area contributed by atoms with Crippen molar-refractivity contribution in [3.8, 4) is 5.75 Å². The van der Waals surface area contributed by atoms with Gasteiger partial charge in [-0.15, -0.1) is 0 Å². The Balaban J connectivity index is 2.27. The van der Waals surface area contributed by atoms with E-state index in [1.807, 2.05) is 12.1 Å². The van der Waals surface area contributed by atoms with Gasteiger partial charge < -0.3 is 10.1 Å². The van der Waals surface area contributed by atoms with Crippen molar-refractivity contribution in [1.82, 2.24) is 5.32 Å². The van der Waals surface area contributed by atoms with Gasteiger partial charge in [0, 0.05) is 11.6 Å². The summed E-state index contributed by atoms with van der Waals surface area (Å²) < 4.78 is 31.1. The second-order valence-electron chi connectivity index (χ2n) is 6.14. The number of halogens is 2. The van der Waals surface area contributed by atoms with Gasteiger partial charge in [-0.05, 0) is 42.3 Å². The third-order valence-corrected chi connectivity index (χ3v) is 5.82. The molecule has 0 radical (unpaired) electrons. The molecule has 28 heavy (non-hydrogen) atoms. The predicted molar refractivity (Wildman–Crippen MR) is 113 cm³/mol. The zero-order chi connectivity index (χ0) is 20.9. The lowest BCUT2D eigenvalue weighted by atomic mass is 10.1. The molecule has 1 amide bonds. The Kier molecular flexibility index (Phi) is 7.57. The molecule has 2 aromatic carbocycles. The highest BCUT2D eigenvalue weighted by Gasteiger charge is 2.32. The molecule has 1 N–H and O–H groups in total. The maximum atomic E-state index is 12.8. The van der Waals surface area contributed by atoms with Gasteiger partial charge in [0.1, 0.15) is 11.8 Å². The van der Waals surface area contributed by atoms with E-state index in [1.165, 1.54) is 12.1 Å². The molecule has 152 valence electrons. The maximum Gasteiger partial charge on any atom is 0.244 e. The molecule has 2 rings (SSSR count). The van der Waals surface area contributed by atoms with E-state index >= 15 is 0 Å². The Morgan fingerprint density at radius 3 is 2.36 bits per heavy atom. The zero-order valence-electron chi connectivity index (χ0n) is 15.8. The molecule has 0 aromatic heterocycles. The van der Waals surface area contributed by atoms with E-state index in [0.29, 0.717) is 10.8 Å². The summed E-state index contributed by atoms with van der Waals surface area (Å²) in [6, 6.07) is 10.7. The van der Waals surface area contributed by atoms with Crippen LogP contribution < -0.4 is 14.4 Å². The number of carbonyl (C=O) groups is 1. The molecule has 0 aliphatic heterocycles. The quantitative estimate of drug-likeness (QED) is 0.670. The molecule has 0 aliphatic carbocycles. The van der Waals surface area contributed by atoms with Gasteiger partial charge in [-0.3, -0.25) is 9.10 Å². The Morgan fingerprint density at radius 2 is 1.82 bits per heavy atom. The number of methoxy groups -OCH3 is 1. The van der Waals surface area contributed by atoms with Crippen LogP contribution in [0.4, 0.5) is 5.69 Å². The molecule has 0 aliphatic rings. The standard InChI is InChI=1S/C19H22Cl2N2O4S/c1-4-17(19(24)22-12-13-5-8-15(27-2)9-6-13)23(28(3,25)26)18-11-14(20)7-10-16(18)21/h5-11,17H,4,12H2,1-3H3,(H,22,24). The van der Waals surface area contributed by atoms with Crippen molar-refractivity contribution < 1.29 is 17.9 Å². The monoisotopic (exact) mass is 444 g/mol. The molecule has 0 fully saturated rings. The summed E-state index contributed by atoms with van der Waals surface area (Å²) >= 11 is 12.2. The van der Waals surface area contributed by atoms with Gasteiger partial charge in [0.15, 0.2) is 0 Å². The van der Waals surface area contributed by atoms with Crippen molar-refractivity contribution >= 4 is 44.8 Å². The Hall–Kier alpha value is -1.96. The molecule has 0 spiro atoms. The molecule has 0 bridgehead atoms. The first-order valence-electron chi connectivity index (χ1n) is 8.52. The van der Waals surface area contributed by atoms with Crippen LogP contribution in [0.15, 0.2) is 42.5 Å². The molecule has 1 atom stereocenters. The van der Waals surface area contributed by atoms with E-state index < -0.39 is 22.0 Å². The number of rotatable bonds is 8. The van der Waals surface area contributed by atoms with E-state index in [-0.39, 0.29) is 23.7 Å². The summed E-state index contributed by atoms with van der Waals surface area (Å²) in [5.74, 6) is 0.278. The van der Waals surface area contributed by atoms with Crippen LogP contribution in [0.3, 0.4) is 0 Å². The number of amides is 1. The number of hydrogen-bond donors (Lipinski definition) is 1. The van der Waals surface area contributed by atoms with Crippen LogP contribution in [0.5, 0.6) is 5.75 Å². The fourth-order valence-electron chi connectivity index (χ4n) is 2.74. The van der Waals surface area contributed by atoms with E-state index in [1.54, 1.807) is 32.2 Å². The number of anilines is 1. The van der Waals surface area contributed by atoms with Crippen molar-refractivity contribution in [1.29, 1.82) is 0 Å². The highest BCUT2D eigenvalue weighted by molar-refractivity contribution is 7.92. The van der Waals surface area contributed by atoms with Gasteiger partial charge in [-0.25, -0.2) is 8.42 Å². The topological polar surface area (TPSA) is 75.7 Å². The molecule has 9 heteroatoms. The Labute approximate surface area is 175 Å². The lowest BCUT2D eigenvalue weighted by molar-refractivity contribution is -0.122. The minimum absolute atomic E-state index is 0.170. The van der Waals surface area contributed by atoms with Crippen molar-refractivity contribution in [2.75, 3.05) is 17.7 Å². The second kappa shape index (κ2) is 9.49. The molecular formula is C19H22Cl2N2O4S. The van der Waals surface area contributed by atoms with Crippen LogP contribution in [0.1, 0.15) is 18.9 Å². The number of benzene rings is 2. The average Bonchev–Trinajstić information content (AvgIpc) is 2.65. The van der Waals surface area contributed by atoms with Crippen LogP contribution in [0, 0.1) is 0 Å². The summed E-state index contributed by atoms with van der Waals surface area (Å²) in [6.07, 6.45) is 1.29. The summed E-state index contributed by atoms with van der Waals surface area (Å²) in [6.45, 7) is 1.98. The van der Waals surface area contributed by atoms with Crippen molar-refractivity contribution in [3.05, 3.63) is 58.1 Å². The fourth-order valence-corrected chi connectivity index (χ4v) is 4.38. The third kappa shape index (κ3) is 5.53. The van der Waals surface area contributed by atoms with Gasteiger partial charge in [-0.1, -0.05) is 42.3 Å². The third-order valence-electron chi connectivity index (χ3n) is 4.10. The van der Waals surface area contributed by atoms with Crippen LogP contribution in [0.2, 0.25) is 10.0 Å². The lowest BCUT2D eigenvalue weighted by Crippen LogP contribution is -2.49. The van der Waals surface area contributed by atoms with Crippen molar-refractivity contribution in [2.24, 2.45) is 0 Å². The van der Waals surface area contributed by atoms with Crippen molar-refractivity contribution in [3.63, 3.8) is 0 Å². The summed E-state index contributed by atoms with van der Waals surface area (Å²) in [5.41, 5.74) is 1.03. The summed E-state index contributed by atoms with van der Waals surface area (Å²) in [7, 11) is -2.22. The predicted octanol–water partition coefficient (Wildman–Crippen LogP) is 3.86. The number of hydrogen-bond acceptors (Lipinski definition) is 4. The number of sulfonamides is 1. The number of nitrogens with one attached hydrogen (secondary N) is 1. The fraction of sp³-hybridized carbons (Fsp3) is 0.316. The molecular weight excluding hydrogens is 423 g/mol. The molecule has 0 saturated carbocycles. The minimum Gasteiger partial charge on any atom is -0.497 e. The van der Waals surface area contributed by atoms with Crippen LogP contribution in [-0.4, -0.2) is 33.7 Å². The smallest absolute Gasteiger partial charge is 0.244 e. The first kappa shape index (κ1) is 22.3. The molecule has 1 unspecified atom stereocenters. The van der Waals surface area contributed by atoms with E-state index in [9.17, 15) is 13.2 Å². The normalized spacial score (nSPS) is 12.3. The largest absolute Gasteiger partial charge is 0.497 e. The highest BCUT2D eigenvalue weighted by atomic mass is 35.5. The summed E-state index contributed by atoms with van der Waals surface area (Å²) in [5, 5.41) is 3.29. The summed E-state index contributed by atoms with van der Waals surface area (Å²) in [4.78, 5) is 12.8. The van der Waals surface area contributed by atoms with Crippen LogP contribution in [0.25, 0.3) is 0 Å². The first-order valence-corrected chi connectivity index (χ1v) is 11.1. The first-order chi connectivity index (χ1) is 13.2. The lowest BCUT2D eigenvalue weighted by Gasteiger charge is -2.30. The maximum absolute atomic E-state index is 12.8. The SMILES string of the molecule is CCC(C(=O)NCc1ccc(OC)cc1)N(c1cc(Cl)ccc1Cl)S(C)(=O)=O. The highest BCUT2D eigenvalue weighted by Crippen LogP contribution is 2.32. The molecule has 0 saturated heterocycles.